The first kappa shape index (κ1) is 13.8. The highest BCUT2D eigenvalue weighted by atomic mass is 127. The van der Waals surface area contributed by atoms with E-state index in [4.69, 9.17) is 10.6 Å². The van der Waals surface area contributed by atoms with Gasteiger partial charge in [0.2, 0.25) is 0 Å². The number of hydrogen-bond acceptors (Lipinski definition) is 3. The average Bonchev–Trinajstić information content (AvgIpc) is 2.91. The van der Waals surface area contributed by atoms with Crippen LogP contribution in [0.25, 0.3) is 0 Å². The maximum Gasteiger partial charge on any atom is 0.127 e. The molecule has 2 aromatic carbocycles. The standard InChI is InChI=1S/C15H14FIN2O/c16-10-4-5-11(13(17)8-10)14(19-18)12-3-1-2-9-6-7-20-15(9)12/h1-5,8,14,19H,6-7,18H2. The van der Waals surface area contributed by atoms with Crippen molar-refractivity contribution in [1.29, 1.82) is 0 Å². The van der Waals surface area contributed by atoms with Gasteiger partial charge in [0.25, 0.3) is 0 Å². The largest absolute Gasteiger partial charge is 0.493 e. The van der Waals surface area contributed by atoms with Gasteiger partial charge in [-0.1, -0.05) is 24.3 Å². The highest BCUT2D eigenvalue weighted by molar-refractivity contribution is 14.1. The molecule has 1 heterocycles. The summed E-state index contributed by atoms with van der Waals surface area (Å²) in [6.07, 6.45) is 0.918. The quantitative estimate of drug-likeness (QED) is 0.486. The molecule has 3 nitrogen and oxygen atoms in total. The van der Waals surface area contributed by atoms with Crippen molar-refractivity contribution in [3.63, 3.8) is 0 Å². The Hall–Kier alpha value is -1.18. The number of halogens is 2. The van der Waals surface area contributed by atoms with E-state index in [9.17, 15) is 4.39 Å². The zero-order valence-electron chi connectivity index (χ0n) is 10.7. The summed E-state index contributed by atoms with van der Waals surface area (Å²) < 4.78 is 19.8. The number of hydrazine groups is 1. The molecule has 20 heavy (non-hydrogen) atoms. The molecule has 1 unspecified atom stereocenters. The number of nitrogens with two attached hydrogens (primary N) is 1. The lowest BCUT2D eigenvalue weighted by molar-refractivity contribution is 0.350. The van der Waals surface area contributed by atoms with Gasteiger partial charge in [-0.25, -0.2) is 9.82 Å². The molecule has 1 aliphatic heterocycles. The molecule has 0 aromatic heterocycles. The minimum atomic E-state index is -0.247. The summed E-state index contributed by atoms with van der Waals surface area (Å²) in [5, 5.41) is 0. The van der Waals surface area contributed by atoms with Crippen molar-refractivity contribution in [2.75, 3.05) is 6.61 Å². The summed E-state index contributed by atoms with van der Waals surface area (Å²) in [6, 6.07) is 10.6. The predicted octanol–water partition coefficient (Wildman–Crippen LogP) is 2.92. The van der Waals surface area contributed by atoms with Crippen molar-refractivity contribution in [3.8, 4) is 5.75 Å². The van der Waals surface area contributed by atoms with Crippen LogP contribution in [0.15, 0.2) is 36.4 Å². The summed E-state index contributed by atoms with van der Waals surface area (Å²) in [7, 11) is 0. The van der Waals surface area contributed by atoms with E-state index in [1.54, 1.807) is 6.07 Å². The maximum absolute atomic E-state index is 13.3. The fraction of sp³-hybridized carbons (Fsp3) is 0.200. The Labute approximate surface area is 130 Å². The third kappa shape index (κ3) is 2.41. The van der Waals surface area contributed by atoms with Crippen LogP contribution in [0.1, 0.15) is 22.7 Å². The first-order chi connectivity index (χ1) is 9.70. The van der Waals surface area contributed by atoms with Crippen molar-refractivity contribution >= 4 is 22.6 Å². The molecule has 0 radical (unpaired) electrons. The van der Waals surface area contributed by atoms with E-state index >= 15 is 0 Å². The fourth-order valence-corrected chi connectivity index (χ4v) is 3.34. The van der Waals surface area contributed by atoms with E-state index in [2.05, 4.69) is 34.1 Å². The molecular formula is C15H14FIN2O. The molecule has 0 aliphatic carbocycles. The zero-order chi connectivity index (χ0) is 14.1. The van der Waals surface area contributed by atoms with Crippen LogP contribution in [0.5, 0.6) is 5.75 Å². The monoisotopic (exact) mass is 384 g/mol. The molecule has 1 aliphatic rings. The number of benzene rings is 2. The van der Waals surface area contributed by atoms with Crippen LogP contribution >= 0.6 is 22.6 Å². The molecule has 5 heteroatoms. The smallest absolute Gasteiger partial charge is 0.127 e. The van der Waals surface area contributed by atoms with Crippen LogP contribution < -0.4 is 16.0 Å². The van der Waals surface area contributed by atoms with E-state index in [0.717, 1.165) is 26.9 Å². The summed E-state index contributed by atoms with van der Waals surface area (Å²) >= 11 is 2.12. The number of para-hydroxylation sites is 1. The number of fused-ring (bicyclic) bond motifs is 1. The van der Waals surface area contributed by atoms with Crippen LogP contribution in [0.3, 0.4) is 0 Å². The molecule has 1 atom stereocenters. The van der Waals surface area contributed by atoms with Gasteiger partial charge in [-0.3, -0.25) is 5.84 Å². The molecule has 104 valence electrons. The maximum atomic E-state index is 13.3. The average molecular weight is 384 g/mol. The Balaban J connectivity index is 2.09. The second-order valence-corrected chi connectivity index (χ2v) is 5.86. The van der Waals surface area contributed by atoms with E-state index in [1.165, 1.54) is 17.7 Å². The minimum Gasteiger partial charge on any atom is -0.493 e. The highest BCUT2D eigenvalue weighted by Gasteiger charge is 2.24. The van der Waals surface area contributed by atoms with Crippen LogP contribution in [-0.4, -0.2) is 6.61 Å². The lowest BCUT2D eigenvalue weighted by Crippen LogP contribution is -2.29. The molecule has 2 aromatic rings. The molecule has 0 amide bonds. The van der Waals surface area contributed by atoms with E-state index in [-0.39, 0.29) is 11.9 Å². The summed E-state index contributed by atoms with van der Waals surface area (Å²) in [5.41, 5.74) is 5.95. The highest BCUT2D eigenvalue weighted by Crippen LogP contribution is 2.37. The van der Waals surface area contributed by atoms with Gasteiger partial charge in [0.1, 0.15) is 11.6 Å². The summed E-state index contributed by atoms with van der Waals surface area (Å²) in [5.74, 6) is 6.39. The van der Waals surface area contributed by atoms with Crippen LogP contribution in [0, 0.1) is 9.39 Å². The Kier molecular flexibility index (Phi) is 3.91. The van der Waals surface area contributed by atoms with Gasteiger partial charge in [0.05, 0.1) is 12.6 Å². The van der Waals surface area contributed by atoms with Crippen LogP contribution in [0.4, 0.5) is 4.39 Å². The van der Waals surface area contributed by atoms with Crippen LogP contribution in [0.2, 0.25) is 0 Å². The number of ether oxygens (including phenoxy) is 1. The van der Waals surface area contributed by atoms with Gasteiger partial charge in [-0.05, 0) is 45.9 Å². The Morgan fingerprint density at radius 2 is 2.10 bits per heavy atom. The number of rotatable bonds is 3. The molecule has 3 rings (SSSR count). The van der Waals surface area contributed by atoms with Crippen molar-refractivity contribution in [1.82, 2.24) is 5.43 Å². The SMILES string of the molecule is NNC(c1ccc(F)cc1I)c1cccc2c1OCC2. The van der Waals surface area contributed by atoms with Crippen molar-refractivity contribution in [2.45, 2.75) is 12.5 Å². The number of nitrogens with one attached hydrogen (secondary N) is 1. The molecule has 0 bridgehead atoms. The number of hydrogen-bond donors (Lipinski definition) is 2. The van der Waals surface area contributed by atoms with Gasteiger partial charge in [0.15, 0.2) is 0 Å². The zero-order valence-corrected chi connectivity index (χ0v) is 12.9. The fourth-order valence-electron chi connectivity index (χ4n) is 2.55. The van der Waals surface area contributed by atoms with Crippen LogP contribution in [-0.2, 0) is 6.42 Å². The van der Waals surface area contributed by atoms with E-state index in [0.29, 0.717) is 6.61 Å². The van der Waals surface area contributed by atoms with Crippen molar-refractivity contribution in [3.05, 3.63) is 62.5 Å². The summed E-state index contributed by atoms with van der Waals surface area (Å²) in [6.45, 7) is 0.699. The van der Waals surface area contributed by atoms with Gasteiger partial charge in [-0.2, -0.15) is 0 Å². The predicted molar refractivity (Wildman–Crippen MR) is 83.9 cm³/mol. The molecule has 0 saturated carbocycles. The molecule has 3 N–H and O–H groups in total. The molecule has 0 saturated heterocycles. The summed E-state index contributed by atoms with van der Waals surface area (Å²) in [4.78, 5) is 0. The molecule has 0 fully saturated rings. The Bertz CT molecular complexity index is 648. The first-order valence-electron chi connectivity index (χ1n) is 6.36. The molecular weight excluding hydrogens is 370 g/mol. The molecule has 0 spiro atoms. The normalized spacial score (nSPS) is 14.8. The van der Waals surface area contributed by atoms with Gasteiger partial charge >= 0.3 is 0 Å². The minimum absolute atomic E-state index is 0.212. The third-order valence-electron chi connectivity index (χ3n) is 3.50. The van der Waals surface area contributed by atoms with Gasteiger partial charge < -0.3 is 4.74 Å². The third-order valence-corrected chi connectivity index (χ3v) is 4.43. The van der Waals surface area contributed by atoms with Crippen molar-refractivity contribution < 1.29 is 9.13 Å². The van der Waals surface area contributed by atoms with Gasteiger partial charge in [-0.15, -0.1) is 0 Å². The second-order valence-electron chi connectivity index (χ2n) is 4.70. The van der Waals surface area contributed by atoms with E-state index in [1.807, 2.05) is 12.1 Å². The van der Waals surface area contributed by atoms with E-state index < -0.39 is 0 Å². The first-order valence-corrected chi connectivity index (χ1v) is 7.44. The Morgan fingerprint density at radius 3 is 2.85 bits per heavy atom. The topological polar surface area (TPSA) is 47.3 Å². The van der Waals surface area contributed by atoms with Gasteiger partial charge in [0, 0.05) is 15.6 Å². The lowest BCUT2D eigenvalue weighted by atomic mass is 9.96. The van der Waals surface area contributed by atoms with Crippen molar-refractivity contribution in [2.24, 2.45) is 5.84 Å². The lowest BCUT2D eigenvalue weighted by Gasteiger charge is -2.20. The Morgan fingerprint density at radius 1 is 1.25 bits per heavy atom. The second kappa shape index (κ2) is 5.67.